The van der Waals surface area contributed by atoms with Crippen LogP contribution in [0.2, 0.25) is 0 Å². The minimum atomic E-state index is -0.425. The zero-order valence-electron chi connectivity index (χ0n) is 14.8. The molecule has 0 radical (unpaired) electrons. The Kier molecular flexibility index (Phi) is 5.45. The molecule has 1 saturated heterocycles. The SMILES string of the molecule is COC(=O)[C@@H]1[C@H]2COC(=O)[C@H]3CCCC[C@H]3C(=O)OC[C@H]2C=C[C@H]1C. The molecule has 25 heavy (non-hydrogen) atoms. The minimum absolute atomic E-state index is 0.0199. The first-order valence-electron chi connectivity index (χ1n) is 9.12. The summed E-state index contributed by atoms with van der Waals surface area (Å²) in [5, 5.41) is 0. The highest BCUT2D eigenvalue weighted by atomic mass is 16.5. The van der Waals surface area contributed by atoms with Crippen molar-refractivity contribution < 1.29 is 28.6 Å². The van der Waals surface area contributed by atoms with Gasteiger partial charge in [0.2, 0.25) is 0 Å². The monoisotopic (exact) mass is 350 g/mol. The van der Waals surface area contributed by atoms with Gasteiger partial charge in [0.25, 0.3) is 0 Å². The molecule has 1 aliphatic heterocycles. The standard InChI is InChI=1S/C19H26O6/c1-11-7-8-12-9-24-17(20)13-5-3-4-6-14(13)18(21)25-10-15(12)16(11)19(22)23-2/h7-8,11-16H,3-6,9-10H2,1-2H3/t11-,12-,13-,14+,15+,16+/m1/s1. The van der Waals surface area contributed by atoms with Gasteiger partial charge in [-0.25, -0.2) is 0 Å². The molecule has 6 heteroatoms. The lowest BCUT2D eigenvalue weighted by Gasteiger charge is -2.38. The van der Waals surface area contributed by atoms with Crippen LogP contribution in [0.15, 0.2) is 12.2 Å². The van der Waals surface area contributed by atoms with Crippen molar-refractivity contribution in [1.29, 1.82) is 0 Å². The molecule has 3 aliphatic rings. The smallest absolute Gasteiger partial charge is 0.309 e. The van der Waals surface area contributed by atoms with E-state index in [1.54, 1.807) is 0 Å². The van der Waals surface area contributed by atoms with Gasteiger partial charge in [0, 0.05) is 11.8 Å². The van der Waals surface area contributed by atoms with Crippen LogP contribution in [0.5, 0.6) is 0 Å². The Morgan fingerprint density at radius 3 is 2.24 bits per heavy atom. The number of carbonyl (C=O) groups is 3. The van der Waals surface area contributed by atoms with E-state index in [1.807, 2.05) is 19.1 Å². The van der Waals surface area contributed by atoms with Gasteiger partial charge in [0.05, 0.1) is 38.1 Å². The molecule has 0 N–H and O–H groups in total. The maximum absolute atomic E-state index is 12.5. The summed E-state index contributed by atoms with van der Waals surface area (Å²) in [5.74, 6) is -2.63. The highest BCUT2D eigenvalue weighted by molar-refractivity contribution is 5.82. The number of carbonyl (C=O) groups excluding carboxylic acids is 3. The molecule has 1 heterocycles. The normalized spacial score (nSPS) is 38.6. The zero-order chi connectivity index (χ0) is 18.0. The van der Waals surface area contributed by atoms with Crippen LogP contribution in [-0.4, -0.2) is 38.2 Å². The van der Waals surface area contributed by atoms with Crippen molar-refractivity contribution in [3.63, 3.8) is 0 Å². The lowest BCUT2D eigenvalue weighted by atomic mass is 9.71. The number of fused-ring (bicyclic) bond motifs is 2. The molecule has 1 saturated carbocycles. The highest BCUT2D eigenvalue weighted by Crippen LogP contribution is 2.38. The second kappa shape index (κ2) is 7.58. The third-order valence-corrected chi connectivity index (χ3v) is 5.92. The number of rotatable bonds is 1. The maximum atomic E-state index is 12.5. The van der Waals surface area contributed by atoms with Gasteiger partial charge >= 0.3 is 17.9 Å². The van der Waals surface area contributed by atoms with Crippen LogP contribution in [0, 0.1) is 35.5 Å². The van der Waals surface area contributed by atoms with E-state index in [4.69, 9.17) is 14.2 Å². The zero-order valence-corrected chi connectivity index (χ0v) is 14.8. The third kappa shape index (κ3) is 3.58. The summed E-state index contributed by atoms with van der Waals surface area (Å²) in [5.41, 5.74) is 0. The van der Waals surface area contributed by atoms with Crippen LogP contribution >= 0.6 is 0 Å². The first-order chi connectivity index (χ1) is 12.0. The van der Waals surface area contributed by atoms with Gasteiger partial charge in [-0.15, -0.1) is 0 Å². The molecule has 0 amide bonds. The maximum Gasteiger partial charge on any atom is 0.309 e. The second-order valence-electron chi connectivity index (χ2n) is 7.38. The van der Waals surface area contributed by atoms with Gasteiger partial charge in [-0.05, 0) is 18.8 Å². The molecule has 0 spiro atoms. The van der Waals surface area contributed by atoms with E-state index in [1.165, 1.54) is 7.11 Å². The van der Waals surface area contributed by atoms with Crippen LogP contribution in [0.4, 0.5) is 0 Å². The first-order valence-corrected chi connectivity index (χ1v) is 9.12. The average molecular weight is 350 g/mol. The van der Waals surface area contributed by atoms with Gasteiger partial charge < -0.3 is 14.2 Å². The van der Waals surface area contributed by atoms with E-state index in [0.717, 1.165) is 12.8 Å². The molecule has 0 aromatic carbocycles. The Morgan fingerprint density at radius 1 is 1.04 bits per heavy atom. The van der Waals surface area contributed by atoms with Crippen molar-refractivity contribution in [2.75, 3.05) is 20.3 Å². The molecule has 0 aromatic rings. The summed E-state index contributed by atoms with van der Waals surface area (Å²) < 4.78 is 16.1. The summed E-state index contributed by atoms with van der Waals surface area (Å²) in [6.45, 7) is 2.30. The van der Waals surface area contributed by atoms with Crippen LogP contribution in [0.25, 0.3) is 0 Å². The number of esters is 3. The fourth-order valence-corrected chi connectivity index (χ4v) is 4.43. The summed E-state index contributed by atoms with van der Waals surface area (Å²) in [6, 6.07) is 0. The van der Waals surface area contributed by atoms with Gasteiger partial charge in [-0.3, -0.25) is 14.4 Å². The van der Waals surface area contributed by atoms with Crippen molar-refractivity contribution in [1.82, 2.24) is 0 Å². The quantitative estimate of drug-likeness (QED) is 0.409. The fourth-order valence-electron chi connectivity index (χ4n) is 4.43. The van der Waals surface area contributed by atoms with E-state index in [9.17, 15) is 14.4 Å². The van der Waals surface area contributed by atoms with Gasteiger partial charge in [0.15, 0.2) is 0 Å². The van der Waals surface area contributed by atoms with Crippen LogP contribution < -0.4 is 0 Å². The van der Waals surface area contributed by atoms with Crippen molar-refractivity contribution >= 4 is 17.9 Å². The van der Waals surface area contributed by atoms with Crippen molar-refractivity contribution in [2.45, 2.75) is 32.6 Å². The molecule has 0 unspecified atom stereocenters. The van der Waals surface area contributed by atoms with E-state index in [-0.39, 0.29) is 48.9 Å². The van der Waals surface area contributed by atoms with E-state index >= 15 is 0 Å². The Bertz CT molecular complexity index is 568. The number of ether oxygens (including phenoxy) is 3. The lowest BCUT2D eigenvalue weighted by molar-refractivity contribution is -0.171. The van der Waals surface area contributed by atoms with E-state index in [2.05, 4.69) is 0 Å². The predicted octanol–water partition coefficient (Wildman–Crippen LogP) is 2.12. The Labute approximate surface area is 147 Å². The van der Waals surface area contributed by atoms with Gasteiger partial charge in [-0.2, -0.15) is 0 Å². The number of cyclic esters (lactones) is 2. The highest BCUT2D eigenvalue weighted by Gasteiger charge is 2.44. The summed E-state index contributed by atoms with van der Waals surface area (Å²) in [4.78, 5) is 37.3. The number of hydrogen-bond acceptors (Lipinski definition) is 6. The largest absolute Gasteiger partial charge is 0.469 e. The molecule has 138 valence electrons. The minimum Gasteiger partial charge on any atom is -0.469 e. The summed E-state index contributed by atoms with van der Waals surface area (Å²) in [7, 11) is 1.36. The molecule has 0 aromatic heterocycles. The van der Waals surface area contributed by atoms with Gasteiger partial charge in [-0.1, -0.05) is 31.9 Å². The molecule has 0 bridgehead atoms. The molecule has 2 aliphatic carbocycles. The number of hydrogen-bond donors (Lipinski definition) is 0. The topological polar surface area (TPSA) is 78.9 Å². The van der Waals surface area contributed by atoms with Crippen molar-refractivity contribution in [2.24, 2.45) is 35.5 Å². The average Bonchev–Trinajstić information content (AvgIpc) is 2.63. The Hall–Kier alpha value is -1.85. The number of allylic oxidation sites excluding steroid dienone is 1. The molecule has 2 fully saturated rings. The second-order valence-corrected chi connectivity index (χ2v) is 7.38. The number of methoxy groups -OCH3 is 1. The van der Waals surface area contributed by atoms with E-state index < -0.39 is 17.8 Å². The van der Waals surface area contributed by atoms with Crippen LogP contribution in [-0.2, 0) is 28.6 Å². The molecule has 3 rings (SSSR count). The molecule has 6 nitrogen and oxygen atoms in total. The van der Waals surface area contributed by atoms with Crippen LogP contribution in [0.3, 0.4) is 0 Å². The molecular formula is C19H26O6. The predicted molar refractivity (Wildman–Crippen MR) is 88.2 cm³/mol. The Morgan fingerprint density at radius 2 is 1.64 bits per heavy atom. The third-order valence-electron chi connectivity index (χ3n) is 5.92. The summed E-state index contributed by atoms with van der Waals surface area (Å²) in [6.07, 6.45) is 7.09. The van der Waals surface area contributed by atoms with Crippen molar-refractivity contribution in [3.05, 3.63) is 12.2 Å². The van der Waals surface area contributed by atoms with Crippen LogP contribution in [0.1, 0.15) is 32.6 Å². The van der Waals surface area contributed by atoms with E-state index in [0.29, 0.717) is 12.8 Å². The summed E-state index contributed by atoms with van der Waals surface area (Å²) >= 11 is 0. The Balaban J connectivity index is 1.85. The fraction of sp³-hybridized carbons (Fsp3) is 0.737. The van der Waals surface area contributed by atoms with Crippen molar-refractivity contribution in [3.8, 4) is 0 Å². The first kappa shape index (κ1) is 18.0. The molecular weight excluding hydrogens is 324 g/mol. The van der Waals surface area contributed by atoms with Gasteiger partial charge in [0.1, 0.15) is 0 Å². The lowest BCUT2D eigenvalue weighted by Crippen LogP contribution is -2.44. The molecule has 6 atom stereocenters.